The lowest BCUT2D eigenvalue weighted by atomic mass is 10.0. The van der Waals surface area contributed by atoms with Gasteiger partial charge in [0.2, 0.25) is 0 Å². The summed E-state index contributed by atoms with van der Waals surface area (Å²) in [6.45, 7) is 0. The summed E-state index contributed by atoms with van der Waals surface area (Å²) in [7, 11) is 0. The molecule has 72 valence electrons. The first-order chi connectivity index (χ1) is 7.45. The monoisotopic (exact) mass is 195 g/mol. The van der Waals surface area contributed by atoms with Crippen molar-refractivity contribution in [3.8, 4) is 16.9 Å². The molecule has 2 aromatic carbocycles. The molecule has 0 bridgehead atoms. The summed E-state index contributed by atoms with van der Waals surface area (Å²) in [5.41, 5.74) is 3.15. The minimum absolute atomic E-state index is 0.853. The highest BCUT2D eigenvalue weighted by atomic mass is 16.5. The van der Waals surface area contributed by atoms with Crippen molar-refractivity contribution >= 4 is 12.1 Å². The number of nitrogens with zero attached hydrogens (tertiary/aromatic N) is 1. The van der Waals surface area contributed by atoms with Gasteiger partial charge in [-0.2, -0.15) is 0 Å². The van der Waals surface area contributed by atoms with Crippen molar-refractivity contribution in [2.24, 2.45) is 4.99 Å². The Kier molecular flexibility index (Phi) is 1.78. The zero-order valence-electron chi connectivity index (χ0n) is 8.05. The molecule has 0 amide bonds. The number of para-hydroxylation sites is 2. The Morgan fingerprint density at radius 1 is 0.800 bits per heavy atom. The third kappa shape index (κ3) is 1.31. The van der Waals surface area contributed by atoms with Gasteiger partial charge in [0.15, 0.2) is 6.40 Å². The van der Waals surface area contributed by atoms with Crippen molar-refractivity contribution in [3.63, 3.8) is 0 Å². The van der Waals surface area contributed by atoms with E-state index in [-0.39, 0.29) is 0 Å². The third-order valence-corrected chi connectivity index (χ3v) is 2.45. The lowest BCUT2D eigenvalue weighted by molar-refractivity contribution is 0.578. The van der Waals surface area contributed by atoms with Gasteiger partial charge in [0.25, 0.3) is 0 Å². The van der Waals surface area contributed by atoms with Crippen molar-refractivity contribution in [3.05, 3.63) is 48.5 Å². The third-order valence-electron chi connectivity index (χ3n) is 2.45. The number of fused-ring (bicyclic) bond motifs is 3. The fourth-order valence-corrected chi connectivity index (χ4v) is 1.75. The fraction of sp³-hybridized carbons (Fsp3) is 0. The molecule has 15 heavy (non-hydrogen) atoms. The second kappa shape index (κ2) is 3.24. The van der Waals surface area contributed by atoms with Gasteiger partial charge in [-0.15, -0.1) is 0 Å². The Labute approximate surface area is 87.9 Å². The molecule has 0 fully saturated rings. The van der Waals surface area contributed by atoms with Gasteiger partial charge in [-0.25, -0.2) is 4.99 Å². The summed E-state index contributed by atoms with van der Waals surface area (Å²) in [5.74, 6) is 0.853. The molecular weight excluding hydrogens is 186 g/mol. The molecule has 0 saturated carbocycles. The quantitative estimate of drug-likeness (QED) is 0.631. The van der Waals surface area contributed by atoms with E-state index in [1.54, 1.807) is 0 Å². The number of hydrogen-bond donors (Lipinski definition) is 0. The molecule has 0 aromatic heterocycles. The topological polar surface area (TPSA) is 21.6 Å². The van der Waals surface area contributed by atoms with Gasteiger partial charge >= 0.3 is 0 Å². The van der Waals surface area contributed by atoms with Crippen LogP contribution in [0.5, 0.6) is 5.75 Å². The van der Waals surface area contributed by atoms with Gasteiger partial charge in [-0.05, 0) is 12.1 Å². The lowest BCUT2D eigenvalue weighted by Gasteiger charge is -2.05. The minimum Gasteiger partial charge on any atom is -0.445 e. The summed E-state index contributed by atoms with van der Waals surface area (Å²) in [4.78, 5) is 4.25. The molecular formula is C13H9NO. The summed E-state index contributed by atoms with van der Waals surface area (Å²) in [6, 6.07) is 16.0. The summed E-state index contributed by atoms with van der Waals surface area (Å²) >= 11 is 0. The molecule has 0 saturated heterocycles. The van der Waals surface area contributed by atoms with Crippen LogP contribution in [0.3, 0.4) is 0 Å². The highest BCUT2D eigenvalue weighted by Gasteiger charge is 2.11. The average molecular weight is 195 g/mol. The van der Waals surface area contributed by atoms with Gasteiger partial charge in [0, 0.05) is 11.1 Å². The number of benzene rings is 2. The van der Waals surface area contributed by atoms with Crippen LogP contribution >= 0.6 is 0 Å². The molecule has 0 aliphatic carbocycles. The van der Waals surface area contributed by atoms with Crippen molar-refractivity contribution in [2.45, 2.75) is 0 Å². The smallest absolute Gasteiger partial charge is 0.181 e. The Balaban J connectivity index is 2.33. The van der Waals surface area contributed by atoms with E-state index in [0.29, 0.717) is 0 Å². The first-order valence-electron chi connectivity index (χ1n) is 4.83. The molecule has 0 unspecified atom stereocenters. The van der Waals surface area contributed by atoms with E-state index in [9.17, 15) is 0 Å². The van der Waals surface area contributed by atoms with Crippen LogP contribution in [-0.4, -0.2) is 6.40 Å². The van der Waals surface area contributed by atoms with E-state index < -0.39 is 0 Å². The van der Waals surface area contributed by atoms with E-state index in [2.05, 4.69) is 11.1 Å². The zero-order chi connectivity index (χ0) is 10.1. The average Bonchev–Trinajstić information content (AvgIpc) is 2.48. The Morgan fingerprint density at radius 2 is 1.53 bits per heavy atom. The lowest BCUT2D eigenvalue weighted by Crippen LogP contribution is -1.88. The van der Waals surface area contributed by atoms with Crippen molar-refractivity contribution in [1.29, 1.82) is 0 Å². The van der Waals surface area contributed by atoms with Crippen LogP contribution in [0.1, 0.15) is 0 Å². The van der Waals surface area contributed by atoms with Crippen molar-refractivity contribution in [2.75, 3.05) is 0 Å². The van der Waals surface area contributed by atoms with Crippen LogP contribution in [0.2, 0.25) is 0 Å². The van der Waals surface area contributed by atoms with E-state index in [4.69, 9.17) is 4.74 Å². The molecule has 0 spiro atoms. The Hall–Kier alpha value is -2.09. The van der Waals surface area contributed by atoms with Crippen LogP contribution in [0.15, 0.2) is 53.5 Å². The first kappa shape index (κ1) is 8.24. The predicted molar refractivity (Wildman–Crippen MR) is 60.7 cm³/mol. The maximum Gasteiger partial charge on any atom is 0.181 e. The largest absolute Gasteiger partial charge is 0.445 e. The Bertz CT molecular complexity index is 532. The summed E-state index contributed by atoms with van der Waals surface area (Å²) in [5, 5.41) is 0. The molecule has 0 atom stereocenters. The van der Waals surface area contributed by atoms with Crippen LogP contribution in [0.25, 0.3) is 11.1 Å². The molecule has 2 nitrogen and oxygen atoms in total. The first-order valence-corrected chi connectivity index (χ1v) is 4.83. The number of ether oxygens (including phenoxy) is 1. The van der Waals surface area contributed by atoms with Gasteiger partial charge in [0.05, 0.1) is 5.69 Å². The predicted octanol–water partition coefficient (Wildman–Crippen LogP) is 3.41. The molecule has 1 aliphatic rings. The summed E-state index contributed by atoms with van der Waals surface area (Å²) in [6.07, 6.45) is 1.49. The van der Waals surface area contributed by atoms with E-state index in [1.165, 1.54) is 6.40 Å². The number of rotatable bonds is 0. The van der Waals surface area contributed by atoms with Gasteiger partial charge in [-0.3, -0.25) is 0 Å². The second-order valence-corrected chi connectivity index (χ2v) is 3.37. The van der Waals surface area contributed by atoms with Crippen LogP contribution in [-0.2, 0) is 0 Å². The molecule has 0 N–H and O–H groups in total. The molecule has 0 radical (unpaired) electrons. The van der Waals surface area contributed by atoms with Gasteiger partial charge < -0.3 is 4.74 Å². The normalized spacial score (nSPS) is 12.3. The van der Waals surface area contributed by atoms with Crippen LogP contribution in [0.4, 0.5) is 5.69 Å². The second-order valence-electron chi connectivity index (χ2n) is 3.37. The molecule has 1 aliphatic heterocycles. The standard InChI is InChI=1S/C13H9NO/c1-3-7-12-10(5-1)11-6-2-4-8-13(11)15-9-14-12/h1-9H. The van der Waals surface area contributed by atoms with Crippen molar-refractivity contribution < 1.29 is 4.74 Å². The maximum absolute atomic E-state index is 5.44. The Morgan fingerprint density at radius 3 is 2.47 bits per heavy atom. The maximum atomic E-state index is 5.44. The van der Waals surface area contributed by atoms with Crippen LogP contribution in [0, 0.1) is 0 Å². The molecule has 2 heteroatoms. The highest BCUT2D eigenvalue weighted by molar-refractivity contribution is 5.84. The van der Waals surface area contributed by atoms with E-state index >= 15 is 0 Å². The molecule has 2 aromatic rings. The van der Waals surface area contributed by atoms with Crippen LogP contribution < -0.4 is 4.74 Å². The van der Waals surface area contributed by atoms with E-state index in [0.717, 1.165) is 22.6 Å². The van der Waals surface area contributed by atoms with Crippen molar-refractivity contribution in [1.82, 2.24) is 0 Å². The highest BCUT2D eigenvalue weighted by Crippen LogP contribution is 2.37. The minimum atomic E-state index is 0.853. The van der Waals surface area contributed by atoms with E-state index in [1.807, 2.05) is 42.5 Å². The number of aliphatic imine (C=N–C) groups is 1. The zero-order valence-corrected chi connectivity index (χ0v) is 8.05. The van der Waals surface area contributed by atoms with Gasteiger partial charge in [0.1, 0.15) is 5.75 Å². The summed E-state index contributed by atoms with van der Waals surface area (Å²) < 4.78 is 5.44. The molecule has 3 rings (SSSR count). The number of hydrogen-bond acceptors (Lipinski definition) is 2. The molecule has 1 heterocycles. The van der Waals surface area contributed by atoms with Gasteiger partial charge in [-0.1, -0.05) is 36.4 Å². The fourth-order valence-electron chi connectivity index (χ4n) is 1.75. The SMILES string of the molecule is C1=Nc2ccccc2-c2ccccc2O1.